The van der Waals surface area contributed by atoms with E-state index in [1.165, 1.54) is 0 Å². The van der Waals surface area contributed by atoms with Gasteiger partial charge in [0.1, 0.15) is 5.60 Å². The van der Waals surface area contributed by atoms with Crippen molar-refractivity contribution in [3.8, 4) is 0 Å². The Balaban J connectivity index is 1.51. The summed E-state index contributed by atoms with van der Waals surface area (Å²) in [5.74, 6) is -0.0987. The van der Waals surface area contributed by atoms with E-state index in [0.29, 0.717) is 5.02 Å². The summed E-state index contributed by atoms with van der Waals surface area (Å²) in [5, 5.41) is 6.56. The molecule has 0 aromatic heterocycles. The van der Waals surface area contributed by atoms with Gasteiger partial charge in [0.15, 0.2) is 0 Å². The van der Waals surface area contributed by atoms with Crippen molar-refractivity contribution >= 4 is 29.3 Å². The molecule has 0 heterocycles. The van der Waals surface area contributed by atoms with E-state index >= 15 is 0 Å². The third-order valence-electron chi connectivity index (χ3n) is 5.26. The van der Waals surface area contributed by atoms with E-state index in [-0.39, 0.29) is 28.9 Å². The smallest absolute Gasteiger partial charge is 0.408 e. The van der Waals surface area contributed by atoms with E-state index in [9.17, 15) is 9.59 Å². The highest BCUT2D eigenvalue weighted by Gasteiger charge is 2.71. The number of rotatable bonds is 4. The summed E-state index contributed by atoms with van der Waals surface area (Å²) in [6, 6.07) is 7.09. The van der Waals surface area contributed by atoms with E-state index < -0.39 is 5.60 Å². The van der Waals surface area contributed by atoms with Gasteiger partial charge in [-0.2, -0.15) is 0 Å². The number of amides is 2. The number of carbonyl (C=O) groups is 2. The lowest BCUT2D eigenvalue weighted by atomic mass is 9.36. The van der Waals surface area contributed by atoms with Crippen LogP contribution in [0, 0.1) is 11.3 Å². The second kappa shape index (κ2) is 5.90. The lowest BCUT2D eigenvalue weighted by Crippen LogP contribution is -2.77. The van der Waals surface area contributed by atoms with E-state index in [2.05, 4.69) is 10.6 Å². The van der Waals surface area contributed by atoms with Gasteiger partial charge in [-0.1, -0.05) is 18.5 Å². The number of carbonyl (C=O) groups excluding carboxylic acids is 2. The maximum Gasteiger partial charge on any atom is 0.408 e. The molecule has 2 amide bonds. The molecule has 3 aliphatic carbocycles. The summed E-state index contributed by atoms with van der Waals surface area (Å²) >= 11 is 5.86. The number of ether oxygens (including phenoxy) is 1. The van der Waals surface area contributed by atoms with E-state index in [0.717, 1.165) is 24.9 Å². The lowest BCUT2D eigenvalue weighted by molar-refractivity contribution is -0.186. The number of benzene rings is 1. The molecule has 1 atom stereocenters. The highest BCUT2D eigenvalue weighted by Crippen LogP contribution is 2.70. The van der Waals surface area contributed by atoms with E-state index in [4.69, 9.17) is 16.3 Å². The topological polar surface area (TPSA) is 67.4 Å². The van der Waals surface area contributed by atoms with Gasteiger partial charge in [-0.25, -0.2) is 4.79 Å². The molecule has 0 saturated heterocycles. The molecule has 5 nitrogen and oxygen atoms in total. The highest BCUT2D eigenvalue weighted by molar-refractivity contribution is 6.30. The van der Waals surface area contributed by atoms with Crippen molar-refractivity contribution in [3.63, 3.8) is 0 Å². The Morgan fingerprint density at radius 2 is 1.72 bits per heavy atom. The average molecular weight is 365 g/mol. The first-order valence-corrected chi connectivity index (χ1v) is 8.98. The van der Waals surface area contributed by atoms with Crippen molar-refractivity contribution in [1.29, 1.82) is 0 Å². The first-order chi connectivity index (χ1) is 11.5. The molecule has 2 N–H and O–H groups in total. The minimum atomic E-state index is -0.503. The molecular formula is C19H25ClN2O3. The van der Waals surface area contributed by atoms with Crippen molar-refractivity contribution in [2.75, 3.05) is 5.32 Å². The minimum Gasteiger partial charge on any atom is -0.444 e. The normalized spacial score (nSPS) is 28.2. The second-order valence-electron chi connectivity index (χ2n) is 8.52. The third kappa shape index (κ3) is 3.61. The zero-order chi connectivity index (χ0) is 18.5. The molecule has 136 valence electrons. The Kier molecular flexibility index (Phi) is 4.26. The number of anilines is 1. The molecular weight excluding hydrogens is 340 g/mol. The summed E-state index contributed by atoms with van der Waals surface area (Å²) in [5.41, 5.74) is 0.0501. The van der Waals surface area contributed by atoms with Crippen LogP contribution in [0.5, 0.6) is 0 Å². The quantitative estimate of drug-likeness (QED) is 0.833. The molecule has 0 spiro atoms. The molecule has 1 aromatic carbocycles. The maximum absolute atomic E-state index is 12.5. The van der Waals surface area contributed by atoms with Gasteiger partial charge < -0.3 is 15.4 Å². The van der Waals surface area contributed by atoms with Crippen molar-refractivity contribution in [1.82, 2.24) is 5.32 Å². The molecule has 0 radical (unpaired) electrons. The van der Waals surface area contributed by atoms with Gasteiger partial charge in [0.2, 0.25) is 5.91 Å². The van der Waals surface area contributed by atoms with Crippen LogP contribution in [0.1, 0.15) is 47.0 Å². The maximum atomic E-state index is 12.5. The van der Waals surface area contributed by atoms with E-state index in [1.807, 2.05) is 27.7 Å². The molecule has 1 aromatic rings. The van der Waals surface area contributed by atoms with Gasteiger partial charge in [0, 0.05) is 22.2 Å². The standard InChI is InChI=1S/C19H25ClN2O3/c1-12(15(23)21-14-7-5-13(20)6-8-14)18-9-19(10-18,11-18)22-16(24)25-17(2,3)4/h5-8,12H,9-11H2,1-4H3,(H,21,23)(H,22,24). The van der Waals surface area contributed by atoms with Crippen molar-refractivity contribution in [3.05, 3.63) is 29.3 Å². The zero-order valence-corrected chi connectivity index (χ0v) is 15.9. The van der Waals surface area contributed by atoms with Gasteiger partial charge in [0.05, 0.1) is 0 Å². The average Bonchev–Trinajstić information content (AvgIpc) is 2.41. The van der Waals surface area contributed by atoms with Gasteiger partial charge in [0.25, 0.3) is 0 Å². The van der Waals surface area contributed by atoms with Gasteiger partial charge in [-0.3, -0.25) is 4.79 Å². The second-order valence-corrected chi connectivity index (χ2v) is 8.95. The largest absolute Gasteiger partial charge is 0.444 e. The summed E-state index contributed by atoms with van der Waals surface area (Å²) in [6.45, 7) is 7.50. The number of alkyl carbamates (subject to hydrolysis) is 1. The first-order valence-electron chi connectivity index (χ1n) is 8.60. The molecule has 3 fully saturated rings. The van der Waals surface area contributed by atoms with Crippen LogP contribution in [0.25, 0.3) is 0 Å². The SMILES string of the molecule is CC(C(=O)Nc1ccc(Cl)cc1)C12CC(NC(=O)OC(C)(C)C)(C1)C2. The molecule has 6 heteroatoms. The van der Waals surface area contributed by atoms with Crippen molar-refractivity contribution in [2.24, 2.45) is 11.3 Å². The summed E-state index contributed by atoms with van der Waals surface area (Å²) in [7, 11) is 0. The van der Waals surface area contributed by atoms with E-state index in [1.54, 1.807) is 24.3 Å². The van der Waals surface area contributed by atoms with Crippen LogP contribution in [0.2, 0.25) is 5.02 Å². The monoisotopic (exact) mass is 364 g/mol. The van der Waals surface area contributed by atoms with Crippen LogP contribution in [-0.4, -0.2) is 23.1 Å². The van der Waals surface area contributed by atoms with Crippen LogP contribution >= 0.6 is 11.6 Å². The van der Waals surface area contributed by atoms with Gasteiger partial charge in [-0.15, -0.1) is 0 Å². The molecule has 2 bridgehead atoms. The molecule has 4 rings (SSSR count). The Bertz CT molecular complexity index is 674. The fraction of sp³-hybridized carbons (Fsp3) is 0.579. The highest BCUT2D eigenvalue weighted by atomic mass is 35.5. The predicted octanol–water partition coefficient (Wildman–Crippen LogP) is 4.36. The van der Waals surface area contributed by atoms with Crippen molar-refractivity contribution in [2.45, 2.75) is 58.1 Å². The van der Waals surface area contributed by atoms with Crippen LogP contribution in [-0.2, 0) is 9.53 Å². The Labute approximate surface area is 153 Å². The third-order valence-corrected chi connectivity index (χ3v) is 5.51. The lowest BCUT2D eigenvalue weighted by Gasteiger charge is -2.72. The first kappa shape index (κ1) is 18.1. The summed E-state index contributed by atoms with van der Waals surface area (Å²) in [6.07, 6.45) is 2.11. The van der Waals surface area contributed by atoms with Crippen LogP contribution in [0.4, 0.5) is 10.5 Å². The molecule has 3 saturated carbocycles. The fourth-order valence-electron chi connectivity index (χ4n) is 4.04. The Morgan fingerprint density at radius 1 is 1.16 bits per heavy atom. The number of hydrogen-bond donors (Lipinski definition) is 2. The van der Waals surface area contributed by atoms with Crippen LogP contribution in [0.3, 0.4) is 0 Å². The van der Waals surface area contributed by atoms with Crippen LogP contribution < -0.4 is 10.6 Å². The molecule has 3 aliphatic rings. The number of nitrogens with one attached hydrogen (secondary N) is 2. The van der Waals surface area contributed by atoms with Gasteiger partial charge >= 0.3 is 6.09 Å². The Morgan fingerprint density at radius 3 is 2.24 bits per heavy atom. The van der Waals surface area contributed by atoms with Crippen LogP contribution in [0.15, 0.2) is 24.3 Å². The summed E-state index contributed by atoms with van der Waals surface area (Å²) in [4.78, 5) is 24.5. The Hall–Kier alpha value is -1.75. The fourth-order valence-corrected chi connectivity index (χ4v) is 4.17. The van der Waals surface area contributed by atoms with Crippen molar-refractivity contribution < 1.29 is 14.3 Å². The molecule has 0 aliphatic heterocycles. The molecule has 25 heavy (non-hydrogen) atoms. The van der Waals surface area contributed by atoms with Gasteiger partial charge in [-0.05, 0) is 69.7 Å². The number of hydrogen-bond acceptors (Lipinski definition) is 3. The molecule has 1 unspecified atom stereocenters. The summed E-state index contributed by atoms with van der Waals surface area (Å²) < 4.78 is 5.32. The predicted molar refractivity (Wildman–Crippen MR) is 97.6 cm³/mol. The number of halogens is 1. The minimum absolute atomic E-state index is 0.00731. The zero-order valence-electron chi connectivity index (χ0n) is 15.1.